The fraction of sp³-hybridized carbons (Fsp3) is 0.828. The van der Waals surface area contributed by atoms with E-state index in [0.29, 0.717) is 32.3 Å². The van der Waals surface area contributed by atoms with E-state index in [1.165, 1.54) is 13.8 Å². The molecule has 0 aromatic carbocycles. The van der Waals surface area contributed by atoms with Crippen molar-refractivity contribution in [1.82, 2.24) is 0 Å². The molecule has 0 N–H and O–H groups in total. The average Bonchev–Trinajstić information content (AvgIpc) is 3.29. The van der Waals surface area contributed by atoms with Gasteiger partial charge in [-0.25, -0.2) is 0 Å². The van der Waals surface area contributed by atoms with Gasteiger partial charge in [-0.2, -0.15) is 0 Å². The molecular weight excluding hydrogens is 492 g/mol. The fourth-order valence-electron chi connectivity index (χ4n) is 7.94. The molecule has 3 aliphatic heterocycles. The zero-order valence-electron chi connectivity index (χ0n) is 23.4. The first kappa shape index (κ1) is 27.4. The second kappa shape index (κ2) is 9.81. The second-order valence-electron chi connectivity index (χ2n) is 12.4. The van der Waals surface area contributed by atoms with Gasteiger partial charge in [0.05, 0.1) is 30.3 Å². The highest BCUT2D eigenvalue weighted by atomic mass is 16.7. The van der Waals surface area contributed by atoms with Crippen LogP contribution in [0.2, 0.25) is 0 Å². The molecule has 38 heavy (non-hydrogen) atoms. The highest BCUT2D eigenvalue weighted by Gasteiger charge is 2.78. The summed E-state index contributed by atoms with van der Waals surface area (Å²) in [6.07, 6.45) is 5.51. The molecule has 0 radical (unpaired) electrons. The standard InChI is InChI=1S/C29H42O9/c1-7-16(2)25(32)37-21-12-22-27(6,23-11-20-8-9-33-26(20)38-23)17(3)10-24(36-19(5)31)29(22,15-34-18(4)30)28(13-21)14-35-28/h8-9,16-17,20-24,26H,7,10-15H2,1-6H3/t16?,17-,20-,21+,22-,23+,24+,26+,27+,28+,29+/m1/s1. The number of fused-ring (bicyclic) bond motifs is 3. The van der Waals surface area contributed by atoms with Crippen LogP contribution in [-0.2, 0) is 42.8 Å². The van der Waals surface area contributed by atoms with Crippen molar-refractivity contribution in [2.45, 2.75) is 104 Å². The van der Waals surface area contributed by atoms with Crippen molar-refractivity contribution in [2.75, 3.05) is 13.2 Å². The van der Waals surface area contributed by atoms with Gasteiger partial charge in [0.1, 0.15) is 24.4 Å². The largest absolute Gasteiger partial charge is 0.472 e. The minimum Gasteiger partial charge on any atom is -0.472 e. The molecule has 2 aliphatic carbocycles. The first-order valence-electron chi connectivity index (χ1n) is 14.1. The Labute approximate surface area is 224 Å². The quantitative estimate of drug-likeness (QED) is 0.273. The van der Waals surface area contributed by atoms with Crippen LogP contribution >= 0.6 is 0 Å². The molecule has 5 rings (SSSR count). The Balaban J connectivity index is 1.59. The molecule has 3 heterocycles. The number of carbonyl (C=O) groups excluding carboxylic acids is 3. The normalized spacial score (nSPS) is 45.5. The lowest BCUT2D eigenvalue weighted by Gasteiger charge is -2.64. The number of hydrogen-bond donors (Lipinski definition) is 0. The number of esters is 3. The topological polar surface area (TPSA) is 110 Å². The second-order valence-corrected chi connectivity index (χ2v) is 12.4. The first-order valence-corrected chi connectivity index (χ1v) is 14.1. The summed E-state index contributed by atoms with van der Waals surface area (Å²) in [5.74, 6) is -1.11. The van der Waals surface area contributed by atoms with Gasteiger partial charge in [0.15, 0.2) is 0 Å². The summed E-state index contributed by atoms with van der Waals surface area (Å²) >= 11 is 0. The third-order valence-electron chi connectivity index (χ3n) is 10.5. The predicted molar refractivity (Wildman–Crippen MR) is 134 cm³/mol. The summed E-state index contributed by atoms with van der Waals surface area (Å²) in [6, 6.07) is 0. The van der Waals surface area contributed by atoms with Crippen LogP contribution in [0.25, 0.3) is 0 Å². The molecule has 1 spiro atoms. The highest BCUT2D eigenvalue weighted by Crippen LogP contribution is 2.70. The fourth-order valence-corrected chi connectivity index (χ4v) is 7.94. The van der Waals surface area contributed by atoms with Crippen LogP contribution in [0.3, 0.4) is 0 Å². The van der Waals surface area contributed by atoms with Gasteiger partial charge >= 0.3 is 17.9 Å². The van der Waals surface area contributed by atoms with Crippen molar-refractivity contribution in [3.05, 3.63) is 12.3 Å². The van der Waals surface area contributed by atoms with E-state index in [1.807, 2.05) is 13.8 Å². The minimum absolute atomic E-state index is 0.0647. The van der Waals surface area contributed by atoms with Crippen LogP contribution in [-0.4, -0.2) is 61.3 Å². The third kappa shape index (κ3) is 4.24. The summed E-state index contributed by atoms with van der Waals surface area (Å²) in [4.78, 5) is 37.4. The number of ether oxygens (including phenoxy) is 6. The zero-order valence-corrected chi connectivity index (χ0v) is 23.4. The molecule has 0 amide bonds. The lowest BCUT2D eigenvalue weighted by atomic mass is 9.42. The number of hydrogen-bond acceptors (Lipinski definition) is 9. The summed E-state index contributed by atoms with van der Waals surface area (Å²) in [5.41, 5.74) is -1.96. The summed E-state index contributed by atoms with van der Waals surface area (Å²) in [5, 5.41) is 0. The van der Waals surface area contributed by atoms with Crippen LogP contribution in [0.5, 0.6) is 0 Å². The van der Waals surface area contributed by atoms with Gasteiger partial charge in [-0.15, -0.1) is 0 Å². The van der Waals surface area contributed by atoms with E-state index in [1.54, 1.807) is 6.26 Å². The van der Waals surface area contributed by atoms with Gasteiger partial charge in [0, 0.05) is 31.6 Å². The monoisotopic (exact) mass is 534 g/mol. The van der Waals surface area contributed by atoms with Gasteiger partial charge in [0.2, 0.25) is 6.29 Å². The van der Waals surface area contributed by atoms with Crippen molar-refractivity contribution < 1.29 is 42.8 Å². The maximum absolute atomic E-state index is 12.9. The van der Waals surface area contributed by atoms with E-state index in [0.717, 1.165) is 6.42 Å². The van der Waals surface area contributed by atoms with Crippen LogP contribution in [0, 0.1) is 34.5 Å². The number of epoxide rings is 1. The lowest BCUT2D eigenvalue weighted by Crippen LogP contribution is -2.70. The van der Waals surface area contributed by atoms with Gasteiger partial charge in [-0.1, -0.05) is 27.7 Å². The Morgan fingerprint density at radius 1 is 1.11 bits per heavy atom. The smallest absolute Gasteiger partial charge is 0.308 e. The van der Waals surface area contributed by atoms with E-state index in [-0.39, 0.29) is 60.7 Å². The SMILES string of the molecule is CCC(C)C(=O)O[C@H]1C[C@@H]2[C@@](C)([C@@H]3C[C@H]4C=CO[C@H]4O3)[C@H](C)C[C@H](OC(C)=O)[C@@]2(COC(C)=O)[C@@]2(CO2)C1. The first-order chi connectivity index (χ1) is 18.0. The summed E-state index contributed by atoms with van der Waals surface area (Å²) < 4.78 is 36.5. The van der Waals surface area contributed by atoms with E-state index >= 15 is 0 Å². The lowest BCUT2D eigenvalue weighted by molar-refractivity contribution is -0.264. The van der Waals surface area contributed by atoms with Crippen LogP contribution < -0.4 is 0 Å². The molecule has 0 aromatic heterocycles. The van der Waals surface area contributed by atoms with Gasteiger partial charge in [0.25, 0.3) is 0 Å². The molecular formula is C29H42O9. The Kier molecular flexibility index (Phi) is 7.08. The van der Waals surface area contributed by atoms with Crippen molar-refractivity contribution in [3.8, 4) is 0 Å². The van der Waals surface area contributed by atoms with Crippen LogP contribution in [0.1, 0.15) is 73.6 Å². The number of rotatable bonds is 7. The molecule has 11 atom stereocenters. The van der Waals surface area contributed by atoms with Gasteiger partial charge in [-0.3, -0.25) is 14.4 Å². The molecule has 212 valence electrons. The highest BCUT2D eigenvalue weighted by molar-refractivity contribution is 5.72. The maximum atomic E-state index is 12.9. The molecule has 0 bridgehead atoms. The average molecular weight is 535 g/mol. The van der Waals surface area contributed by atoms with Crippen LogP contribution in [0.15, 0.2) is 12.3 Å². The molecule has 2 saturated heterocycles. The van der Waals surface area contributed by atoms with Crippen molar-refractivity contribution in [1.29, 1.82) is 0 Å². The Hall–Kier alpha value is -2.13. The third-order valence-corrected chi connectivity index (χ3v) is 10.5. The van der Waals surface area contributed by atoms with Crippen molar-refractivity contribution >= 4 is 17.9 Å². The predicted octanol–water partition coefficient (Wildman–Crippen LogP) is 3.93. The summed E-state index contributed by atoms with van der Waals surface area (Å²) in [7, 11) is 0. The molecule has 0 aromatic rings. The van der Waals surface area contributed by atoms with E-state index in [9.17, 15) is 14.4 Å². The molecule has 1 unspecified atom stereocenters. The molecule has 4 fully saturated rings. The van der Waals surface area contributed by atoms with Crippen LogP contribution in [0.4, 0.5) is 0 Å². The molecule has 5 aliphatic rings. The van der Waals surface area contributed by atoms with E-state index in [4.69, 9.17) is 28.4 Å². The Bertz CT molecular complexity index is 989. The van der Waals surface area contributed by atoms with Gasteiger partial charge in [-0.05, 0) is 43.6 Å². The van der Waals surface area contributed by atoms with E-state index in [2.05, 4.69) is 19.9 Å². The van der Waals surface area contributed by atoms with Gasteiger partial charge < -0.3 is 28.4 Å². The summed E-state index contributed by atoms with van der Waals surface area (Å²) in [6.45, 7) is 11.6. The number of carbonyl (C=O) groups is 3. The molecule has 2 saturated carbocycles. The maximum Gasteiger partial charge on any atom is 0.308 e. The Morgan fingerprint density at radius 3 is 2.45 bits per heavy atom. The zero-order chi connectivity index (χ0) is 27.5. The Morgan fingerprint density at radius 2 is 1.84 bits per heavy atom. The molecule has 9 nitrogen and oxygen atoms in total. The minimum atomic E-state index is -0.803. The van der Waals surface area contributed by atoms with E-state index < -0.39 is 28.5 Å². The molecule has 9 heteroatoms. The van der Waals surface area contributed by atoms with Crippen molar-refractivity contribution in [3.63, 3.8) is 0 Å². The van der Waals surface area contributed by atoms with Crippen molar-refractivity contribution in [2.24, 2.45) is 34.5 Å².